The van der Waals surface area contributed by atoms with Crippen molar-refractivity contribution in [3.63, 3.8) is 0 Å². The van der Waals surface area contributed by atoms with Gasteiger partial charge in [-0.3, -0.25) is 9.59 Å². The van der Waals surface area contributed by atoms with Crippen molar-refractivity contribution in [2.24, 2.45) is 0 Å². The quantitative estimate of drug-likeness (QED) is 0.783. The molecule has 1 aliphatic heterocycles. The van der Waals surface area contributed by atoms with Crippen molar-refractivity contribution in [2.45, 2.75) is 19.0 Å². The van der Waals surface area contributed by atoms with Crippen LogP contribution < -0.4 is 5.32 Å². The van der Waals surface area contributed by atoms with Crippen molar-refractivity contribution < 1.29 is 9.59 Å². The van der Waals surface area contributed by atoms with Crippen LogP contribution in [0.1, 0.15) is 33.9 Å². The fourth-order valence-electron chi connectivity index (χ4n) is 3.10. The van der Waals surface area contributed by atoms with E-state index in [4.69, 9.17) is 0 Å². The molecule has 7 heteroatoms. The van der Waals surface area contributed by atoms with E-state index in [2.05, 4.69) is 14.1 Å². The number of nitrogens with one attached hydrogen (secondary N) is 1. The smallest absolute Gasteiger partial charge is 0.252 e. The average Bonchev–Trinajstić information content (AvgIpc) is 3.20. The summed E-state index contributed by atoms with van der Waals surface area (Å²) in [6, 6.07) is 13.0. The Kier molecular flexibility index (Phi) is 3.93. The van der Waals surface area contributed by atoms with Crippen LogP contribution in [0.3, 0.4) is 0 Å². The fourth-order valence-corrected chi connectivity index (χ4v) is 3.62. The zero-order chi connectivity index (χ0) is 17.4. The molecule has 2 aromatic carbocycles. The predicted octanol–water partition coefficient (Wildman–Crippen LogP) is 2.52. The topological polar surface area (TPSA) is 75.2 Å². The highest BCUT2D eigenvalue weighted by Crippen LogP contribution is 2.28. The minimum absolute atomic E-state index is 0.0153. The molecule has 1 aromatic heterocycles. The molecule has 1 aliphatic rings. The van der Waals surface area contributed by atoms with E-state index in [-0.39, 0.29) is 24.3 Å². The van der Waals surface area contributed by atoms with Crippen molar-refractivity contribution in [3.8, 4) is 0 Å². The number of benzene rings is 2. The first-order chi connectivity index (χ1) is 12.1. The summed E-state index contributed by atoms with van der Waals surface area (Å²) in [5.41, 5.74) is 4.27. The van der Waals surface area contributed by atoms with Crippen LogP contribution in [0.2, 0.25) is 0 Å². The van der Waals surface area contributed by atoms with E-state index < -0.39 is 0 Å². The van der Waals surface area contributed by atoms with E-state index in [1.807, 2.05) is 36.4 Å². The summed E-state index contributed by atoms with van der Waals surface area (Å²) in [4.78, 5) is 26.2. The molecular weight excluding hydrogens is 336 g/mol. The van der Waals surface area contributed by atoms with Crippen LogP contribution in [0, 0.1) is 0 Å². The third kappa shape index (κ3) is 2.98. The van der Waals surface area contributed by atoms with Gasteiger partial charge in [-0.05, 0) is 29.3 Å². The molecule has 0 spiro atoms. The lowest BCUT2D eigenvalue weighted by Crippen LogP contribution is -2.30. The van der Waals surface area contributed by atoms with Crippen LogP contribution in [0.5, 0.6) is 0 Å². The van der Waals surface area contributed by atoms with Crippen LogP contribution in [-0.4, -0.2) is 32.5 Å². The Morgan fingerprint density at radius 1 is 1.20 bits per heavy atom. The number of nitrogens with zero attached hydrogens (tertiary/aromatic N) is 3. The summed E-state index contributed by atoms with van der Waals surface area (Å²) in [7, 11) is 1.77. The number of carbonyl (C=O) groups is 2. The van der Waals surface area contributed by atoms with E-state index in [1.165, 1.54) is 11.7 Å². The van der Waals surface area contributed by atoms with Crippen molar-refractivity contribution in [1.82, 2.24) is 19.0 Å². The molecule has 0 radical (unpaired) electrons. The van der Waals surface area contributed by atoms with Crippen molar-refractivity contribution in [1.29, 1.82) is 0 Å². The lowest BCUT2D eigenvalue weighted by Gasteiger charge is -2.20. The van der Waals surface area contributed by atoms with Crippen molar-refractivity contribution in [3.05, 3.63) is 59.2 Å². The minimum Gasteiger partial charge on any atom is -0.345 e. The zero-order valence-corrected chi connectivity index (χ0v) is 14.4. The Morgan fingerprint density at radius 2 is 2.00 bits per heavy atom. The van der Waals surface area contributed by atoms with Gasteiger partial charge in [-0.2, -0.15) is 8.75 Å². The first-order valence-corrected chi connectivity index (χ1v) is 8.70. The largest absolute Gasteiger partial charge is 0.345 e. The maximum absolute atomic E-state index is 12.6. The van der Waals surface area contributed by atoms with Gasteiger partial charge >= 0.3 is 0 Å². The number of aromatic nitrogens is 2. The minimum atomic E-state index is -0.260. The Bertz CT molecular complexity index is 968. The fraction of sp³-hybridized carbons (Fsp3) is 0.222. The Morgan fingerprint density at radius 3 is 2.88 bits per heavy atom. The summed E-state index contributed by atoms with van der Waals surface area (Å²) in [6.07, 6.45) is 0.250. The predicted molar refractivity (Wildman–Crippen MR) is 95.2 cm³/mol. The molecule has 25 heavy (non-hydrogen) atoms. The molecule has 0 fully saturated rings. The van der Waals surface area contributed by atoms with Gasteiger partial charge in [0, 0.05) is 19.2 Å². The highest BCUT2D eigenvalue weighted by atomic mass is 32.1. The molecule has 6 nitrogen and oxygen atoms in total. The molecule has 126 valence electrons. The number of hydrogen-bond acceptors (Lipinski definition) is 5. The normalized spacial score (nSPS) is 15.9. The standard InChI is InChI=1S/C18H16N4O2S/c1-22(10-11-6-7-14-16(8-11)21-25-20-14)17(23)9-15-12-4-2-3-5-13(12)18(24)19-15/h2-8,15H,9-10H2,1H3,(H,19,24). The number of amides is 2. The second-order valence-electron chi connectivity index (χ2n) is 6.15. The van der Waals surface area contributed by atoms with Gasteiger partial charge < -0.3 is 10.2 Å². The molecule has 0 bridgehead atoms. The Balaban J connectivity index is 1.45. The summed E-state index contributed by atoms with van der Waals surface area (Å²) in [6.45, 7) is 0.495. The van der Waals surface area contributed by atoms with Crippen LogP contribution in [-0.2, 0) is 11.3 Å². The first-order valence-electron chi connectivity index (χ1n) is 7.97. The number of rotatable bonds is 4. The van der Waals surface area contributed by atoms with Gasteiger partial charge in [0.15, 0.2) is 0 Å². The maximum Gasteiger partial charge on any atom is 0.252 e. The zero-order valence-electron chi connectivity index (χ0n) is 13.6. The maximum atomic E-state index is 12.6. The van der Waals surface area contributed by atoms with Crippen LogP contribution in [0.15, 0.2) is 42.5 Å². The molecule has 3 aromatic rings. The molecule has 0 saturated carbocycles. The monoisotopic (exact) mass is 352 g/mol. The first kappa shape index (κ1) is 15.7. The van der Waals surface area contributed by atoms with Gasteiger partial charge in [-0.25, -0.2) is 0 Å². The molecular formula is C18H16N4O2S. The molecule has 1 unspecified atom stereocenters. The molecule has 0 aliphatic carbocycles. The summed E-state index contributed by atoms with van der Waals surface area (Å²) in [5, 5.41) is 2.89. The van der Waals surface area contributed by atoms with Gasteiger partial charge in [0.05, 0.1) is 24.2 Å². The molecule has 4 rings (SSSR count). The molecule has 0 saturated heterocycles. The van der Waals surface area contributed by atoms with Crippen LogP contribution in [0.25, 0.3) is 11.0 Å². The Labute approximate surface area is 148 Å². The summed E-state index contributed by atoms with van der Waals surface area (Å²) < 4.78 is 8.41. The summed E-state index contributed by atoms with van der Waals surface area (Å²) >= 11 is 1.18. The third-order valence-electron chi connectivity index (χ3n) is 4.43. The second kappa shape index (κ2) is 6.25. The third-order valence-corrected chi connectivity index (χ3v) is 4.99. The molecule has 2 amide bonds. The van der Waals surface area contributed by atoms with Crippen LogP contribution in [0.4, 0.5) is 0 Å². The lowest BCUT2D eigenvalue weighted by molar-refractivity contribution is -0.130. The van der Waals surface area contributed by atoms with Crippen molar-refractivity contribution >= 4 is 34.6 Å². The number of fused-ring (bicyclic) bond motifs is 2. The van der Waals surface area contributed by atoms with Gasteiger partial charge in [0.1, 0.15) is 11.0 Å². The van der Waals surface area contributed by atoms with Gasteiger partial charge in [0.2, 0.25) is 5.91 Å². The number of carbonyl (C=O) groups excluding carboxylic acids is 2. The number of hydrogen-bond donors (Lipinski definition) is 1. The van der Waals surface area contributed by atoms with Crippen LogP contribution >= 0.6 is 11.7 Å². The highest BCUT2D eigenvalue weighted by molar-refractivity contribution is 7.00. The highest BCUT2D eigenvalue weighted by Gasteiger charge is 2.30. The SMILES string of the molecule is CN(Cc1ccc2nsnc2c1)C(=O)CC1NC(=O)c2ccccc21. The van der Waals surface area contributed by atoms with Crippen molar-refractivity contribution in [2.75, 3.05) is 7.05 Å². The Hall–Kier alpha value is -2.80. The van der Waals surface area contributed by atoms with Gasteiger partial charge in [-0.1, -0.05) is 24.3 Å². The second-order valence-corrected chi connectivity index (χ2v) is 6.68. The average molecular weight is 352 g/mol. The van der Waals surface area contributed by atoms with Gasteiger partial charge in [-0.15, -0.1) is 0 Å². The molecule has 1 N–H and O–H groups in total. The summed E-state index contributed by atoms with van der Waals surface area (Å²) in [5.74, 6) is -0.129. The molecule has 1 atom stereocenters. The molecule has 2 heterocycles. The van der Waals surface area contributed by atoms with E-state index in [0.717, 1.165) is 22.2 Å². The lowest BCUT2D eigenvalue weighted by atomic mass is 10.0. The van der Waals surface area contributed by atoms with E-state index in [1.54, 1.807) is 18.0 Å². The van der Waals surface area contributed by atoms with Gasteiger partial charge in [0.25, 0.3) is 5.91 Å². The van der Waals surface area contributed by atoms with E-state index in [0.29, 0.717) is 12.1 Å². The van der Waals surface area contributed by atoms with E-state index >= 15 is 0 Å². The van der Waals surface area contributed by atoms with E-state index in [9.17, 15) is 9.59 Å².